The fraction of sp³-hybridized carbons (Fsp3) is 0.174. The molecule has 1 aliphatic heterocycles. The Bertz CT molecular complexity index is 1400. The number of rotatable bonds is 3. The molecular weight excluding hydrogens is 454 g/mol. The lowest BCUT2D eigenvalue weighted by Crippen LogP contribution is -2.25. The van der Waals surface area contributed by atoms with Crippen LogP contribution in [-0.4, -0.2) is 27.1 Å². The molecule has 2 N–H and O–H groups in total. The molecule has 0 radical (unpaired) electrons. The average molecular weight is 471 g/mol. The van der Waals surface area contributed by atoms with Crippen LogP contribution in [0.3, 0.4) is 0 Å². The second kappa shape index (κ2) is 8.41. The van der Waals surface area contributed by atoms with Crippen LogP contribution in [0.5, 0.6) is 11.6 Å². The number of anilines is 1. The molecule has 3 heterocycles. The van der Waals surface area contributed by atoms with Gasteiger partial charge in [-0.15, -0.1) is 0 Å². The van der Waals surface area contributed by atoms with E-state index in [1.807, 2.05) is 0 Å². The summed E-state index contributed by atoms with van der Waals surface area (Å²) in [7, 11) is 0. The zero-order chi connectivity index (χ0) is 23.9. The van der Waals surface area contributed by atoms with Gasteiger partial charge < -0.3 is 15.4 Å². The lowest BCUT2D eigenvalue weighted by molar-refractivity contribution is -0.139. The molecular formula is C23H17F4N5O2. The third-order valence-electron chi connectivity index (χ3n) is 5.46. The number of halogens is 4. The number of carbonyl (C=O) groups excluding carboxylic acids is 1. The van der Waals surface area contributed by atoms with Crippen LogP contribution in [0.25, 0.3) is 10.9 Å². The summed E-state index contributed by atoms with van der Waals surface area (Å²) in [6, 6.07) is 8.33. The molecule has 0 atom stereocenters. The van der Waals surface area contributed by atoms with Gasteiger partial charge in [0.1, 0.15) is 17.9 Å². The SMILES string of the molecule is O=C(Nc1ccc(F)c(C(F)(F)F)c1)n1ccc2cc(Oc3ncnc4c3CCNC4)ccc21. The van der Waals surface area contributed by atoms with E-state index in [0.717, 1.165) is 30.3 Å². The molecule has 0 unspecified atom stereocenters. The zero-order valence-electron chi connectivity index (χ0n) is 17.5. The molecule has 0 spiro atoms. The van der Waals surface area contributed by atoms with Gasteiger partial charge in [-0.05, 0) is 55.4 Å². The molecule has 5 rings (SSSR count). The topological polar surface area (TPSA) is 81.1 Å². The van der Waals surface area contributed by atoms with E-state index >= 15 is 0 Å². The molecule has 7 nitrogen and oxygen atoms in total. The molecule has 1 aliphatic rings. The van der Waals surface area contributed by atoms with E-state index in [4.69, 9.17) is 4.74 Å². The van der Waals surface area contributed by atoms with E-state index in [2.05, 4.69) is 20.6 Å². The first-order valence-corrected chi connectivity index (χ1v) is 10.3. The number of nitrogens with one attached hydrogen (secondary N) is 2. The standard InChI is InChI=1S/C23H17F4N5O2/c24-18-3-1-14(10-17(18)23(25,26)27)31-22(33)32-8-6-13-9-15(2-4-20(13)32)34-21-16-5-7-28-11-19(16)29-12-30-21/h1-4,6,8-10,12,28H,5,7,11H2,(H,31,33). The van der Waals surface area contributed by atoms with Crippen molar-refractivity contribution in [1.29, 1.82) is 0 Å². The third-order valence-corrected chi connectivity index (χ3v) is 5.46. The number of nitrogens with zero attached hydrogens (tertiary/aromatic N) is 3. The van der Waals surface area contributed by atoms with Gasteiger partial charge in [0.05, 0.1) is 16.8 Å². The maximum atomic E-state index is 13.5. The molecule has 4 aromatic rings. The summed E-state index contributed by atoms with van der Waals surface area (Å²) in [6.07, 6.45) is -1.21. The Kier molecular flexibility index (Phi) is 5.40. The van der Waals surface area contributed by atoms with Crippen LogP contribution >= 0.6 is 0 Å². The second-order valence-electron chi connectivity index (χ2n) is 7.66. The third kappa shape index (κ3) is 4.17. The van der Waals surface area contributed by atoms with Crippen LogP contribution in [0.4, 0.5) is 28.0 Å². The molecule has 11 heteroatoms. The van der Waals surface area contributed by atoms with Crippen LogP contribution in [-0.2, 0) is 19.1 Å². The first kappa shape index (κ1) is 21.8. The van der Waals surface area contributed by atoms with Crippen molar-refractivity contribution in [2.75, 3.05) is 11.9 Å². The van der Waals surface area contributed by atoms with Crippen LogP contribution in [0.1, 0.15) is 16.8 Å². The number of hydrogen-bond acceptors (Lipinski definition) is 5. The number of ether oxygens (including phenoxy) is 1. The van der Waals surface area contributed by atoms with E-state index in [1.165, 1.54) is 17.1 Å². The summed E-state index contributed by atoms with van der Waals surface area (Å²) in [5, 5.41) is 6.28. The lowest BCUT2D eigenvalue weighted by atomic mass is 10.1. The van der Waals surface area contributed by atoms with Gasteiger partial charge in [-0.3, -0.25) is 4.57 Å². The monoisotopic (exact) mass is 471 g/mol. The Labute approximate surface area is 190 Å². The minimum absolute atomic E-state index is 0.177. The maximum absolute atomic E-state index is 13.5. The number of fused-ring (bicyclic) bond motifs is 2. The van der Waals surface area contributed by atoms with Crippen LogP contribution in [0, 0.1) is 5.82 Å². The van der Waals surface area contributed by atoms with Crippen molar-refractivity contribution >= 4 is 22.6 Å². The number of benzene rings is 2. The summed E-state index contributed by atoms with van der Waals surface area (Å²) >= 11 is 0. The fourth-order valence-corrected chi connectivity index (χ4v) is 3.82. The smallest absolute Gasteiger partial charge is 0.419 e. The quantitative estimate of drug-likeness (QED) is 0.406. The zero-order valence-corrected chi connectivity index (χ0v) is 17.5. The van der Waals surface area contributed by atoms with E-state index < -0.39 is 23.6 Å². The number of alkyl halides is 3. The highest BCUT2D eigenvalue weighted by Crippen LogP contribution is 2.33. The fourth-order valence-electron chi connectivity index (χ4n) is 3.82. The van der Waals surface area contributed by atoms with Gasteiger partial charge in [0.25, 0.3) is 0 Å². The van der Waals surface area contributed by atoms with Gasteiger partial charge in [0.2, 0.25) is 5.88 Å². The maximum Gasteiger partial charge on any atom is 0.419 e. The van der Waals surface area contributed by atoms with Gasteiger partial charge >= 0.3 is 12.2 Å². The lowest BCUT2D eigenvalue weighted by Gasteiger charge is -2.18. The number of amides is 1. The van der Waals surface area contributed by atoms with Gasteiger partial charge in [0, 0.05) is 29.4 Å². The summed E-state index contributed by atoms with van der Waals surface area (Å²) < 4.78 is 59.6. The highest BCUT2D eigenvalue weighted by Gasteiger charge is 2.34. The Hall–Kier alpha value is -3.99. The van der Waals surface area contributed by atoms with E-state index in [-0.39, 0.29) is 5.69 Å². The van der Waals surface area contributed by atoms with E-state index in [9.17, 15) is 22.4 Å². The van der Waals surface area contributed by atoms with Crippen LogP contribution in [0.15, 0.2) is 55.0 Å². The second-order valence-corrected chi connectivity index (χ2v) is 7.66. The molecule has 0 fully saturated rings. The van der Waals surface area contributed by atoms with Crippen molar-refractivity contribution in [1.82, 2.24) is 19.9 Å². The molecule has 0 saturated carbocycles. The summed E-state index contributed by atoms with van der Waals surface area (Å²) in [4.78, 5) is 21.2. The number of hydrogen-bond donors (Lipinski definition) is 2. The highest BCUT2D eigenvalue weighted by molar-refractivity contribution is 5.98. The molecule has 0 aliphatic carbocycles. The molecule has 1 amide bonds. The Morgan fingerprint density at radius 3 is 2.79 bits per heavy atom. The van der Waals surface area contributed by atoms with Crippen LogP contribution in [0.2, 0.25) is 0 Å². The first-order chi connectivity index (χ1) is 16.3. The van der Waals surface area contributed by atoms with Gasteiger partial charge in [-0.1, -0.05) is 0 Å². The Balaban J connectivity index is 1.38. The summed E-state index contributed by atoms with van der Waals surface area (Å²) in [5.74, 6) is -0.427. The minimum Gasteiger partial charge on any atom is -0.439 e. The molecule has 2 aromatic heterocycles. The Morgan fingerprint density at radius 2 is 1.97 bits per heavy atom. The van der Waals surface area contributed by atoms with Gasteiger partial charge in [-0.25, -0.2) is 19.2 Å². The number of carbonyl (C=O) groups is 1. The largest absolute Gasteiger partial charge is 0.439 e. The minimum atomic E-state index is -4.87. The molecule has 174 valence electrons. The highest BCUT2D eigenvalue weighted by atomic mass is 19.4. The average Bonchev–Trinajstić information content (AvgIpc) is 3.23. The first-order valence-electron chi connectivity index (χ1n) is 10.3. The van der Waals surface area contributed by atoms with Crippen molar-refractivity contribution < 1.29 is 27.1 Å². The van der Waals surface area contributed by atoms with Gasteiger partial charge in [-0.2, -0.15) is 13.2 Å². The van der Waals surface area contributed by atoms with Crippen LogP contribution < -0.4 is 15.4 Å². The summed E-state index contributed by atoms with van der Waals surface area (Å²) in [6.45, 7) is 1.44. The number of aromatic nitrogens is 3. The Morgan fingerprint density at radius 1 is 1.12 bits per heavy atom. The van der Waals surface area contributed by atoms with Gasteiger partial charge in [0.15, 0.2) is 0 Å². The molecule has 2 aromatic carbocycles. The molecule has 34 heavy (non-hydrogen) atoms. The predicted octanol–water partition coefficient (Wildman–Crippen LogP) is 5.11. The normalized spacial score (nSPS) is 13.5. The van der Waals surface area contributed by atoms with Crippen molar-refractivity contribution in [3.8, 4) is 11.6 Å². The predicted molar refractivity (Wildman–Crippen MR) is 115 cm³/mol. The van der Waals surface area contributed by atoms with Crippen molar-refractivity contribution in [3.05, 3.63) is 77.6 Å². The van der Waals surface area contributed by atoms with E-state index in [1.54, 1.807) is 24.3 Å². The van der Waals surface area contributed by atoms with E-state index in [0.29, 0.717) is 41.2 Å². The van der Waals surface area contributed by atoms with Crippen molar-refractivity contribution in [3.63, 3.8) is 0 Å². The van der Waals surface area contributed by atoms with Crippen molar-refractivity contribution in [2.24, 2.45) is 0 Å². The summed E-state index contributed by atoms with van der Waals surface area (Å²) in [5.41, 5.74) is 0.707. The van der Waals surface area contributed by atoms with Crippen molar-refractivity contribution in [2.45, 2.75) is 19.1 Å². The molecule has 0 saturated heterocycles. The molecule has 0 bridgehead atoms.